The largest absolute Gasteiger partial charge is 0.465 e. The molecule has 1 heterocycles. The second-order valence-corrected chi connectivity index (χ2v) is 6.67. The molecule has 2 fully saturated rings. The van der Waals surface area contributed by atoms with Gasteiger partial charge in [0.05, 0.1) is 6.61 Å². The molecule has 0 amide bonds. The Bertz CT molecular complexity index is 363. The van der Waals surface area contributed by atoms with Gasteiger partial charge >= 0.3 is 5.97 Å². The molecule has 1 aliphatic heterocycles. The third kappa shape index (κ3) is 3.58. The highest BCUT2D eigenvalue weighted by Gasteiger charge is 2.47. The van der Waals surface area contributed by atoms with Gasteiger partial charge in [-0.1, -0.05) is 0 Å². The van der Waals surface area contributed by atoms with Gasteiger partial charge in [0, 0.05) is 18.6 Å². The van der Waals surface area contributed by atoms with Crippen molar-refractivity contribution in [1.29, 1.82) is 0 Å². The van der Waals surface area contributed by atoms with E-state index in [2.05, 4.69) is 29.2 Å². The molecule has 21 heavy (non-hydrogen) atoms. The van der Waals surface area contributed by atoms with Crippen LogP contribution in [0, 0.1) is 0 Å². The summed E-state index contributed by atoms with van der Waals surface area (Å²) in [5, 5.41) is 3.25. The van der Waals surface area contributed by atoms with Gasteiger partial charge in [-0.2, -0.15) is 0 Å². The molecule has 0 bridgehead atoms. The summed E-state index contributed by atoms with van der Waals surface area (Å²) in [7, 11) is 6.31. The summed E-state index contributed by atoms with van der Waals surface area (Å²) in [6, 6.07) is 1.09. The van der Waals surface area contributed by atoms with Crippen LogP contribution >= 0.6 is 0 Å². The van der Waals surface area contributed by atoms with Gasteiger partial charge in [0.2, 0.25) is 0 Å². The number of piperidine rings is 1. The van der Waals surface area contributed by atoms with Crippen molar-refractivity contribution in [1.82, 2.24) is 15.1 Å². The first-order valence-corrected chi connectivity index (χ1v) is 8.29. The van der Waals surface area contributed by atoms with Crippen LogP contribution in [0.3, 0.4) is 0 Å². The molecule has 5 nitrogen and oxygen atoms in total. The highest BCUT2D eigenvalue weighted by molar-refractivity contribution is 5.81. The summed E-state index contributed by atoms with van der Waals surface area (Å²) in [6.45, 7) is 4.67. The number of esters is 1. The summed E-state index contributed by atoms with van der Waals surface area (Å²) in [4.78, 5) is 17.2. The molecule has 122 valence electrons. The van der Waals surface area contributed by atoms with E-state index in [4.69, 9.17) is 4.74 Å². The summed E-state index contributed by atoms with van der Waals surface area (Å²) in [6.07, 6.45) is 5.34. The summed E-state index contributed by atoms with van der Waals surface area (Å²) < 4.78 is 5.28. The monoisotopic (exact) mass is 297 g/mol. The van der Waals surface area contributed by atoms with Crippen LogP contribution in [0.1, 0.15) is 39.0 Å². The van der Waals surface area contributed by atoms with Gasteiger partial charge in [-0.3, -0.25) is 9.69 Å². The number of rotatable bonds is 5. The van der Waals surface area contributed by atoms with Gasteiger partial charge in [-0.15, -0.1) is 0 Å². The van der Waals surface area contributed by atoms with Crippen molar-refractivity contribution in [2.45, 2.75) is 56.7 Å². The molecule has 1 saturated heterocycles. The fraction of sp³-hybridized carbons (Fsp3) is 0.938. The van der Waals surface area contributed by atoms with E-state index in [-0.39, 0.29) is 5.97 Å². The van der Waals surface area contributed by atoms with E-state index in [1.165, 1.54) is 19.4 Å². The Morgan fingerprint density at radius 2 is 2.19 bits per heavy atom. The first-order chi connectivity index (χ1) is 10.0. The number of likely N-dealkylation sites (tertiary alicyclic amines) is 1. The van der Waals surface area contributed by atoms with E-state index in [1.54, 1.807) is 0 Å². The highest BCUT2D eigenvalue weighted by atomic mass is 16.5. The third-order valence-corrected chi connectivity index (χ3v) is 5.38. The van der Waals surface area contributed by atoms with Crippen LogP contribution in [-0.4, -0.2) is 74.2 Å². The Hall–Kier alpha value is -0.650. The highest BCUT2D eigenvalue weighted by Crippen LogP contribution is 2.35. The maximum absolute atomic E-state index is 12.3. The van der Waals surface area contributed by atoms with E-state index in [1.807, 2.05) is 14.0 Å². The second-order valence-electron chi connectivity index (χ2n) is 6.67. The maximum Gasteiger partial charge on any atom is 0.326 e. The average molecular weight is 297 g/mol. The van der Waals surface area contributed by atoms with Gasteiger partial charge < -0.3 is 15.0 Å². The number of ether oxygens (including phenoxy) is 1. The topological polar surface area (TPSA) is 44.8 Å². The first kappa shape index (κ1) is 16.7. The van der Waals surface area contributed by atoms with Crippen LogP contribution in [-0.2, 0) is 9.53 Å². The molecule has 0 aromatic rings. The van der Waals surface area contributed by atoms with Crippen LogP contribution in [0.2, 0.25) is 0 Å². The van der Waals surface area contributed by atoms with Crippen LogP contribution in [0.4, 0.5) is 0 Å². The summed E-state index contributed by atoms with van der Waals surface area (Å²) in [5.74, 6) is -0.0795. The van der Waals surface area contributed by atoms with Crippen LogP contribution in [0.15, 0.2) is 0 Å². The number of hydrogen-bond donors (Lipinski definition) is 1. The summed E-state index contributed by atoms with van der Waals surface area (Å²) in [5.41, 5.74) is -0.477. The van der Waals surface area contributed by atoms with E-state index in [9.17, 15) is 4.79 Å². The third-order valence-electron chi connectivity index (χ3n) is 5.38. The van der Waals surface area contributed by atoms with Crippen molar-refractivity contribution in [2.24, 2.45) is 0 Å². The maximum atomic E-state index is 12.3. The molecule has 3 atom stereocenters. The molecule has 5 heteroatoms. The van der Waals surface area contributed by atoms with Gasteiger partial charge in [0.25, 0.3) is 0 Å². The fourth-order valence-corrected chi connectivity index (χ4v) is 3.92. The predicted octanol–water partition coefficient (Wildman–Crippen LogP) is 1.09. The van der Waals surface area contributed by atoms with Crippen LogP contribution in [0.25, 0.3) is 0 Å². The van der Waals surface area contributed by atoms with E-state index in [0.29, 0.717) is 18.7 Å². The van der Waals surface area contributed by atoms with Crippen molar-refractivity contribution in [3.05, 3.63) is 0 Å². The lowest BCUT2D eigenvalue weighted by Crippen LogP contribution is -2.52. The number of carbonyl (C=O) groups is 1. The first-order valence-electron chi connectivity index (χ1n) is 8.29. The Balaban J connectivity index is 1.98. The zero-order valence-corrected chi connectivity index (χ0v) is 14.0. The molecule has 1 N–H and O–H groups in total. The lowest BCUT2D eigenvalue weighted by Gasteiger charge is -2.39. The smallest absolute Gasteiger partial charge is 0.326 e. The van der Waals surface area contributed by atoms with Crippen molar-refractivity contribution in [3.63, 3.8) is 0 Å². The second kappa shape index (κ2) is 7.07. The Labute approximate surface area is 129 Å². The number of carbonyl (C=O) groups excluding carboxylic acids is 1. The normalized spacial score (nSPS) is 34.3. The zero-order chi connectivity index (χ0) is 15.5. The van der Waals surface area contributed by atoms with Crippen LogP contribution in [0.5, 0.6) is 0 Å². The van der Waals surface area contributed by atoms with Crippen molar-refractivity contribution in [3.8, 4) is 0 Å². The molecule has 2 aliphatic rings. The minimum absolute atomic E-state index is 0.0795. The quantitative estimate of drug-likeness (QED) is 0.770. The molecule has 0 radical (unpaired) electrons. The number of hydrogen-bond acceptors (Lipinski definition) is 5. The Morgan fingerprint density at radius 1 is 1.43 bits per heavy atom. The zero-order valence-electron chi connectivity index (χ0n) is 14.0. The number of nitrogens with one attached hydrogen (secondary N) is 1. The summed E-state index contributed by atoms with van der Waals surface area (Å²) >= 11 is 0. The molecular formula is C16H31N3O2. The molecule has 3 unspecified atom stereocenters. The van der Waals surface area contributed by atoms with E-state index in [0.717, 1.165) is 25.8 Å². The average Bonchev–Trinajstić information content (AvgIpc) is 2.92. The van der Waals surface area contributed by atoms with Gasteiger partial charge in [0.1, 0.15) is 5.54 Å². The molecule has 0 aromatic heterocycles. The van der Waals surface area contributed by atoms with Crippen molar-refractivity contribution >= 4 is 5.97 Å². The lowest BCUT2D eigenvalue weighted by molar-refractivity contribution is -0.151. The molecule has 1 aliphatic carbocycles. The predicted molar refractivity (Wildman–Crippen MR) is 84.3 cm³/mol. The minimum Gasteiger partial charge on any atom is -0.465 e. The van der Waals surface area contributed by atoms with Crippen molar-refractivity contribution in [2.75, 3.05) is 40.8 Å². The molecule has 0 aromatic carbocycles. The molecular weight excluding hydrogens is 266 g/mol. The van der Waals surface area contributed by atoms with Crippen LogP contribution < -0.4 is 5.32 Å². The molecule has 2 rings (SSSR count). The standard InChI is InChI=1S/C16H31N3O2/c1-5-21-15(20)16(17-2)9-8-13(11-16)19(4)14-7-6-10-18(3)12-14/h13-14,17H,5-12H2,1-4H3. The molecule has 0 spiro atoms. The van der Waals surface area contributed by atoms with Gasteiger partial charge in [-0.25, -0.2) is 0 Å². The number of likely N-dealkylation sites (N-methyl/N-ethyl adjacent to an activating group) is 3. The minimum atomic E-state index is -0.477. The van der Waals surface area contributed by atoms with Crippen molar-refractivity contribution < 1.29 is 9.53 Å². The number of nitrogens with zero attached hydrogens (tertiary/aromatic N) is 2. The fourth-order valence-electron chi connectivity index (χ4n) is 3.92. The van der Waals surface area contributed by atoms with E-state index < -0.39 is 5.54 Å². The Kier molecular flexibility index (Phi) is 5.63. The van der Waals surface area contributed by atoms with Gasteiger partial charge in [-0.05, 0) is 66.7 Å². The molecule has 1 saturated carbocycles. The van der Waals surface area contributed by atoms with Gasteiger partial charge in [0.15, 0.2) is 0 Å². The lowest BCUT2D eigenvalue weighted by atomic mass is 9.96. The Morgan fingerprint density at radius 3 is 2.81 bits per heavy atom. The van der Waals surface area contributed by atoms with E-state index >= 15 is 0 Å². The SMILES string of the molecule is CCOC(=O)C1(NC)CCC(N(C)C2CCCN(C)C2)C1.